The summed E-state index contributed by atoms with van der Waals surface area (Å²) in [7, 11) is -3.69. The van der Waals surface area contributed by atoms with Gasteiger partial charge in [0.1, 0.15) is 4.90 Å². The monoisotopic (exact) mass is 296 g/mol. The molecule has 0 atom stereocenters. The molecule has 3 N–H and O–H groups in total. The number of nitrogens with one attached hydrogen (secondary N) is 1. The fraction of sp³-hybridized carbons (Fsp3) is 0.400. The smallest absolute Gasteiger partial charge is 0.242 e. The molecule has 96 valence electrons. The number of benzene rings is 1. The SMILES string of the molecule is CC(C)(N)CNS(=O)(=O)c1cccc(Cl)c1Cl. The first kappa shape index (κ1) is 14.7. The normalized spacial score (nSPS) is 12.8. The number of sulfonamides is 1. The molecule has 0 aliphatic heterocycles. The first-order valence-corrected chi connectivity index (χ1v) is 7.10. The molecular weight excluding hydrogens is 283 g/mol. The number of hydrogen-bond donors (Lipinski definition) is 2. The average molecular weight is 297 g/mol. The van der Waals surface area contributed by atoms with Crippen molar-refractivity contribution in [3.05, 3.63) is 28.2 Å². The largest absolute Gasteiger partial charge is 0.324 e. The van der Waals surface area contributed by atoms with Gasteiger partial charge in [-0.3, -0.25) is 0 Å². The molecule has 0 bridgehead atoms. The van der Waals surface area contributed by atoms with Crippen molar-refractivity contribution in [2.45, 2.75) is 24.3 Å². The topological polar surface area (TPSA) is 72.2 Å². The molecule has 0 saturated carbocycles. The van der Waals surface area contributed by atoms with E-state index in [1.54, 1.807) is 13.8 Å². The Labute approximate surface area is 111 Å². The Morgan fingerprint density at radius 1 is 1.35 bits per heavy atom. The molecule has 0 amide bonds. The van der Waals surface area contributed by atoms with Gasteiger partial charge in [0.25, 0.3) is 0 Å². The molecule has 0 heterocycles. The zero-order chi connectivity index (χ0) is 13.3. The van der Waals surface area contributed by atoms with Crippen LogP contribution in [0.5, 0.6) is 0 Å². The predicted octanol–water partition coefficient (Wildman–Crippen LogP) is 2.01. The molecule has 0 unspecified atom stereocenters. The molecule has 0 radical (unpaired) electrons. The maximum Gasteiger partial charge on any atom is 0.242 e. The summed E-state index contributed by atoms with van der Waals surface area (Å²) in [6.07, 6.45) is 0. The van der Waals surface area contributed by atoms with Crippen LogP contribution in [-0.2, 0) is 10.0 Å². The molecule has 0 aliphatic rings. The Morgan fingerprint density at radius 2 is 1.94 bits per heavy atom. The predicted molar refractivity (Wildman–Crippen MR) is 69.9 cm³/mol. The van der Waals surface area contributed by atoms with E-state index in [2.05, 4.69) is 4.72 Å². The van der Waals surface area contributed by atoms with E-state index in [4.69, 9.17) is 28.9 Å². The molecule has 7 heteroatoms. The number of nitrogens with two attached hydrogens (primary N) is 1. The van der Waals surface area contributed by atoms with Crippen molar-refractivity contribution in [1.29, 1.82) is 0 Å². The first-order valence-electron chi connectivity index (χ1n) is 4.86. The van der Waals surface area contributed by atoms with Crippen LogP contribution in [-0.4, -0.2) is 20.5 Å². The maximum atomic E-state index is 11.9. The van der Waals surface area contributed by atoms with Crippen molar-refractivity contribution < 1.29 is 8.42 Å². The van der Waals surface area contributed by atoms with E-state index in [0.29, 0.717) is 0 Å². The third kappa shape index (κ3) is 4.12. The van der Waals surface area contributed by atoms with E-state index in [-0.39, 0.29) is 21.5 Å². The Hall–Kier alpha value is -0.330. The minimum absolute atomic E-state index is 0.0106. The Kier molecular flexibility index (Phi) is 4.43. The van der Waals surface area contributed by atoms with E-state index in [0.717, 1.165) is 0 Å². The lowest BCUT2D eigenvalue weighted by Gasteiger charge is -2.19. The molecule has 17 heavy (non-hydrogen) atoms. The lowest BCUT2D eigenvalue weighted by Crippen LogP contribution is -2.45. The molecule has 1 aromatic carbocycles. The van der Waals surface area contributed by atoms with Crippen LogP contribution in [0, 0.1) is 0 Å². The van der Waals surface area contributed by atoms with Crippen LogP contribution < -0.4 is 10.5 Å². The van der Waals surface area contributed by atoms with Gasteiger partial charge in [0.05, 0.1) is 10.0 Å². The van der Waals surface area contributed by atoms with Crippen LogP contribution in [0.15, 0.2) is 23.1 Å². The summed E-state index contributed by atoms with van der Waals surface area (Å²) in [6, 6.07) is 4.44. The van der Waals surface area contributed by atoms with Gasteiger partial charge in [0, 0.05) is 12.1 Å². The van der Waals surface area contributed by atoms with Gasteiger partial charge in [-0.25, -0.2) is 13.1 Å². The summed E-state index contributed by atoms with van der Waals surface area (Å²) in [6.45, 7) is 3.54. The van der Waals surface area contributed by atoms with Crippen molar-refractivity contribution in [3.63, 3.8) is 0 Å². The fourth-order valence-corrected chi connectivity index (χ4v) is 3.03. The quantitative estimate of drug-likeness (QED) is 0.893. The van der Waals surface area contributed by atoms with Gasteiger partial charge in [-0.05, 0) is 26.0 Å². The summed E-state index contributed by atoms with van der Waals surface area (Å²) in [5.74, 6) is 0. The fourth-order valence-electron chi connectivity index (χ4n) is 1.05. The number of halogens is 2. The van der Waals surface area contributed by atoms with Crippen LogP contribution in [0.2, 0.25) is 10.0 Å². The highest BCUT2D eigenvalue weighted by Gasteiger charge is 2.21. The number of rotatable bonds is 4. The second-order valence-corrected chi connectivity index (χ2v) is 6.89. The lowest BCUT2D eigenvalue weighted by atomic mass is 10.1. The standard InChI is InChI=1S/C10H14Cl2N2O2S/c1-10(2,13)6-14-17(15,16)8-5-3-4-7(11)9(8)12/h3-5,14H,6,13H2,1-2H3. The Balaban J connectivity index is 3.02. The second kappa shape index (κ2) is 5.12. The summed E-state index contributed by atoms with van der Waals surface area (Å²) in [5, 5.41) is 0.207. The van der Waals surface area contributed by atoms with E-state index in [9.17, 15) is 8.42 Å². The zero-order valence-electron chi connectivity index (χ0n) is 9.50. The van der Waals surface area contributed by atoms with E-state index < -0.39 is 15.6 Å². The highest BCUT2D eigenvalue weighted by molar-refractivity contribution is 7.89. The highest BCUT2D eigenvalue weighted by Crippen LogP contribution is 2.28. The van der Waals surface area contributed by atoms with E-state index >= 15 is 0 Å². The van der Waals surface area contributed by atoms with Crippen LogP contribution in [0.25, 0.3) is 0 Å². The van der Waals surface area contributed by atoms with Crippen LogP contribution in [0.3, 0.4) is 0 Å². The Morgan fingerprint density at radius 3 is 2.47 bits per heavy atom. The summed E-state index contributed by atoms with van der Waals surface area (Å²) in [4.78, 5) is -0.0454. The minimum Gasteiger partial charge on any atom is -0.324 e. The molecule has 0 aromatic heterocycles. The van der Waals surface area contributed by atoms with Crippen LogP contribution in [0.1, 0.15) is 13.8 Å². The molecule has 1 aromatic rings. The molecule has 0 spiro atoms. The second-order valence-electron chi connectivity index (χ2n) is 4.37. The van der Waals surface area contributed by atoms with Crippen LogP contribution in [0.4, 0.5) is 0 Å². The third-order valence-corrected chi connectivity index (χ3v) is 4.30. The van der Waals surface area contributed by atoms with Gasteiger partial charge >= 0.3 is 0 Å². The molecule has 1 rings (SSSR count). The van der Waals surface area contributed by atoms with Gasteiger partial charge in [-0.15, -0.1) is 0 Å². The molecule has 0 fully saturated rings. The third-order valence-electron chi connectivity index (χ3n) is 1.92. The molecule has 0 saturated heterocycles. The lowest BCUT2D eigenvalue weighted by molar-refractivity contribution is 0.498. The van der Waals surface area contributed by atoms with Gasteiger partial charge in [-0.2, -0.15) is 0 Å². The van der Waals surface area contributed by atoms with Crippen molar-refractivity contribution in [3.8, 4) is 0 Å². The average Bonchev–Trinajstić information content (AvgIpc) is 2.18. The van der Waals surface area contributed by atoms with Crippen molar-refractivity contribution in [2.75, 3.05) is 6.54 Å². The van der Waals surface area contributed by atoms with Gasteiger partial charge in [0.15, 0.2) is 0 Å². The van der Waals surface area contributed by atoms with Gasteiger partial charge < -0.3 is 5.73 Å². The van der Waals surface area contributed by atoms with Crippen LogP contribution >= 0.6 is 23.2 Å². The van der Waals surface area contributed by atoms with Crippen molar-refractivity contribution in [1.82, 2.24) is 4.72 Å². The summed E-state index contributed by atoms with van der Waals surface area (Å²) < 4.78 is 26.3. The molecule has 4 nitrogen and oxygen atoms in total. The zero-order valence-corrected chi connectivity index (χ0v) is 11.8. The molecule has 0 aliphatic carbocycles. The van der Waals surface area contributed by atoms with E-state index in [1.165, 1.54) is 18.2 Å². The van der Waals surface area contributed by atoms with Gasteiger partial charge in [0.2, 0.25) is 10.0 Å². The Bertz CT molecular complexity index is 510. The maximum absolute atomic E-state index is 11.9. The molecular formula is C10H14Cl2N2O2S. The highest BCUT2D eigenvalue weighted by atomic mass is 35.5. The summed E-state index contributed by atoms with van der Waals surface area (Å²) in [5.41, 5.74) is 5.06. The summed E-state index contributed by atoms with van der Waals surface area (Å²) >= 11 is 11.6. The first-order chi connectivity index (χ1) is 7.63. The van der Waals surface area contributed by atoms with Crippen molar-refractivity contribution in [2.24, 2.45) is 5.73 Å². The number of hydrogen-bond acceptors (Lipinski definition) is 3. The van der Waals surface area contributed by atoms with Gasteiger partial charge in [-0.1, -0.05) is 29.3 Å². The van der Waals surface area contributed by atoms with E-state index in [1.807, 2.05) is 0 Å². The minimum atomic E-state index is -3.69. The van der Waals surface area contributed by atoms with Crippen molar-refractivity contribution >= 4 is 33.2 Å².